The molecule has 0 radical (unpaired) electrons. The molecule has 0 amide bonds. The Balaban J connectivity index is 1.96. The van der Waals surface area contributed by atoms with E-state index >= 15 is 0 Å². The largest absolute Gasteiger partial charge is 0.382 e. The maximum absolute atomic E-state index is 14.6. The summed E-state index contributed by atoms with van der Waals surface area (Å²) >= 11 is -2.12. The van der Waals surface area contributed by atoms with Gasteiger partial charge in [-0.3, -0.25) is 9.54 Å². The van der Waals surface area contributed by atoms with Gasteiger partial charge in [0, 0.05) is 12.1 Å². The number of nitrogens with zero attached hydrogens (tertiary/aromatic N) is 2. The lowest BCUT2D eigenvalue weighted by Crippen LogP contribution is -2.15. The van der Waals surface area contributed by atoms with Gasteiger partial charge in [-0.1, -0.05) is 30.3 Å². The molecule has 128 valence electrons. The Hall–Kier alpha value is -2.68. The molecule has 8 heteroatoms. The van der Waals surface area contributed by atoms with Crippen LogP contribution in [0.2, 0.25) is 0 Å². The van der Waals surface area contributed by atoms with Gasteiger partial charge in [-0.2, -0.15) is 0 Å². The molecule has 4 N–H and O–H groups in total. The average Bonchev–Trinajstić information content (AvgIpc) is 2.61. The molecule has 1 unspecified atom stereocenters. The van der Waals surface area contributed by atoms with Gasteiger partial charge in [-0.15, -0.1) is 0 Å². The zero-order valence-corrected chi connectivity index (χ0v) is 13.8. The lowest BCUT2D eigenvalue weighted by molar-refractivity contribution is 0.549. The summed E-state index contributed by atoms with van der Waals surface area (Å²) in [5.74, 6) is -0.173. The van der Waals surface area contributed by atoms with Crippen molar-refractivity contribution < 1.29 is 13.2 Å². The summed E-state index contributed by atoms with van der Waals surface area (Å²) < 4.78 is 36.7. The van der Waals surface area contributed by atoms with Gasteiger partial charge in [-0.05, 0) is 28.8 Å². The molecule has 0 spiro atoms. The molecule has 3 rings (SSSR count). The number of rotatable bonds is 5. The van der Waals surface area contributed by atoms with Gasteiger partial charge in [0.2, 0.25) is 11.3 Å². The maximum Gasteiger partial charge on any atom is 0.232 e. The van der Waals surface area contributed by atoms with Crippen LogP contribution in [0.4, 0.5) is 10.2 Å². The summed E-state index contributed by atoms with van der Waals surface area (Å²) in [4.78, 5) is 8.00. The van der Waals surface area contributed by atoms with Crippen LogP contribution in [-0.2, 0) is 17.8 Å². The topological polar surface area (TPSA) is 101 Å². The number of nitrogens with one attached hydrogen (secondary N) is 1. The first-order valence-corrected chi connectivity index (χ1v) is 8.45. The number of hydrogen-bond donors (Lipinski definition) is 3. The van der Waals surface area contributed by atoms with Gasteiger partial charge in [0.05, 0.1) is 18.1 Å². The minimum Gasteiger partial charge on any atom is -0.382 e. The molecular weight excluding hydrogens is 343 g/mol. The molecule has 3 aromatic rings. The number of aromatic nitrogens is 2. The molecule has 0 saturated carbocycles. The minimum atomic E-state index is -2.12. The molecular formula is C17H15FN4O2S. The van der Waals surface area contributed by atoms with E-state index in [1.54, 1.807) is 12.1 Å². The fourth-order valence-corrected chi connectivity index (χ4v) is 2.74. The molecule has 0 fully saturated rings. The second kappa shape index (κ2) is 7.47. The molecule has 1 atom stereocenters. The molecule has 0 aliphatic carbocycles. The second-order valence-electron chi connectivity index (χ2n) is 5.25. The summed E-state index contributed by atoms with van der Waals surface area (Å²) in [6.07, 6.45) is 2.79. The molecule has 0 aliphatic heterocycles. The molecule has 25 heavy (non-hydrogen) atoms. The van der Waals surface area contributed by atoms with E-state index in [0.29, 0.717) is 16.8 Å². The van der Waals surface area contributed by atoms with E-state index in [2.05, 4.69) is 14.7 Å². The highest BCUT2D eigenvalue weighted by atomic mass is 32.2. The quantitative estimate of drug-likeness (QED) is 0.609. The van der Waals surface area contributed by atoms with Crippen LogP contribution in [-0.4, -0.2) is 18.7 Å². The summed E-state index contributed by atoms with van der Waals surface area (Å²) in [6.45, 7) is 0.187. The van der Waals surface area contributed by atoms with Gasteiger partial charge in [0.1, 0.15) is 11.6 Å². The summed E-state index contributed by atoms with van der Waals surface area (Å²) in [6, 6.07) is 12.1. The fourth-order valence-electron chi connectivity index (χ4n) is 2.46. The van der Waals surface area contributed by atoms with Crippen LogP contribution in [0, 0.1) is 5.82 Å². The van der Waals surface area contributed by atoms with Crippen LogP contribution in [0.3, 0.4) is 0 Å². The molecule has 0 aliphatic rings. The Kier molecular flexibility index (Phi) is 5.13. The molecule has 1 heterocycles. The first kappa shape index (κ1) is 17.2. The summed E-state index contributed by atoms with van der Waals surface area (Å²) in [7, 11) is 0. The Labute approximate surface area is 146 Å². The number of nitrogen functional groups attached to an aromatic ring is 1. The van der Waals surface area contributed by atoms with Crippen molar-refractivity contribution in [1.29, 1.82) is 0 Å². The first-order chi connectivity index (χ1) is 12.0. The third-order valence-corrected chi connectivity index (χ3v) is 4.02. The molecule has 1 aromatic heterocycles. The SMILES string of the molecule is Nc1cnc(-c2ccc(-c3ccccc3CNS(=O)O)cc2F)cn1. The molecule has 6 nitrogen and oxygen atoms in total. The Bertz CT molecular complexity index is 919. The Morgan fingerprint density at radius 2 is 1.92 bits per heavy atom. The highest BCUT2D eigenvalue weighted by Gasteiger charge is 2.11. The standard InChI is InChI=1S/C17H15FN4O2S/c18-15-7-11(5-6-14(15)16-9-21-17(19)10-20-16)13-4-2-1-3-12(13)8-22-25(23)24/h1-7,9-10,22H,8H2,(H2,19,21)(H,23,24). The van der Waals surface area contributed by atoms with Crippen molar-refractivity contribution in [3.8, 4) is 22.4 Å². The maximum atomic E-state index is 14.6. The molecule has 0 bridgehead atoms. The second-order valence-corrected chi connectivity index (χ2v) is 6.04. The van der Waals surface area contributed by atoms with Crippen molar-refractivity contribution in [2.75, 3.05) is 5.73 Å². The van der Waals surface area contributed by atoms with E-state index in [1.165, 1.54) is 18.5 Å². The smallest absolute Gasteiger partial charge is 0.232 e. The fraction of sp³-hybridized carbons (Fsp3) is 0.0588. The highest BCUT2D eigenvalue weighted by Crippen LogP contribution is 2.29. The Morgan fingerprint density at radius 1 is 1.12 bits per heavy atom. The normalized spacial score (nSPS) is 12.1. The van der Waals surface area contributed by atoms with Gasteiger partial charge >= 0.3 is 0 Å². The van der Waals surface area contributed by atoms with Gasteiger partial charge in [-0.25, -0.2) is 18.3 Å². The van der Waals surface area contributed by atoms with Crippen molar-refractivity contribution >= 4 is 17.1 Å². The van der Waals surface area contributed by atoms with Crippen LogP contribution in [0.5, 0.6) is 0 Å². The van der Waals surface area contributed by atoms with Crippen LogP contribution in [0.25, 0.3) is 22.4 Å². The third kappa shape index (κ3) is 4.05. The molecule has 0 saturated heterocycles. The first-order valence-electron chi connectivity index (χ1n) is 7.34. The number of hydrogen-bond acceptors (Lipinski definition) is 4. The number of halogens is 1. The Morgan fingerprint density at radius 3 is 2.60 bits per heavy atom. The predicted molar refractivity (Wildman–Crippen MR) is 94.9 cm³/mol. The van der Waals surface area contributed by atoms with E-state index in [4.69, 9.17) is 10.3 Å². The van der Waals surface area contributed by atoms with Crippen molar-refractivity contribution in [3.05, 3.63) is 66.2 Å². The van der Waals surface area contributed by atoms with E-state index in [0.717, 1.165) is 11.1 Å². The van der Waals surface area contributed by atoms with Crippen molar-refractivity contribution in [3.63, 3.8) is 0 Å². The third-order valence-electron chi connectivity index (χ3n) is 3.63. The molecule has 2 aromatic carbocycles. The van der Waals surface area contributed by atoms with Gasteiger partial charge in [0.25, 0.3) is 0 Å². The van der Waals surface area contributed by atoms with Gasteiger partial charge in [0.15, 0.2) is 0 Å². The monoisotopic (exact) mass is 358 g/mol. The zero-order valence-electron chi connectivity index (χ0n) is 13.0. The number of anilines is 1. The van der Waals surface area contributed by atoms with E-state index in [-0.39, 0.29) is 12.4 Å². The zero-order chi connectivity index (χ0) is 17.8. The lowest BCUT2D eigenvalue weighted by atomic mass is 9.98. The van der Waals surface area contributed by atoms with E-state index < -0.39 is 17.1 Å². The summed E-state index contributed by atoms with van der Waals surface area (Å²) in [5, 5.41) is 0. The van der Waals surface area contributed by atoms with Crippen molar-refractivity contribution in [2.45, 2.75) is 6.54 Å². The lowest BCUT2D eigenvalue weighted by Gasteiger charge is -2.11. The minimum absolute atomic E-state index is 0.187. The van der Waals surface area contributed by atoms with Crippen LogP contribution in [0.1, 0.15) is 5.56 Å². The van der Waals surface area contributed by atoms with Crippen LogP contribution >= 0.6 is 0 Å². The average molecular weight is 358 g/mol. The van der Waals surface area contributed by atoms with Crippen LogP contribution in [0.15, 0.2) is 54.9 Å². The van der Waals surface area contributed by atoms with E-state index in [1.807, 2.05) is 24.3 Å². The number of benzene rings is 2. The van der Waals surface area contributed by atoms with Crippen molar-refractivity contribution in [1.82, 2.24) is 14.7 Å². The number of nitrogens with two attached hydrogens (primary N) is 1. The van der Waals surface area contributed by atoms with Crippen molar-refractivity contribution in [2.24, 2.45) is 0 Å². The van der Waals surface area contributed by atoms with Gasteiger partial charge < -0.3 is 5.73 Å². The highest BCUT2D eigenvalue weighted by molar-refractivity contribution is 7.77. The predicted octanol–water partition coefficient (Wildman–Crippen LogP) is 2.76. The van der Waals surface area contributed by atoms with E-state index in [9.17, 15) is 8.60 Å². The summed E-state index contributed by atoms with van der Waals surface area (Å²) in [5.41, 5.74) is 8.42. The van der Waals surface area contributed by atoms with Crippen LogP contribution < -0.4 is 10.5 Å².